The van der Waals surface area contributed by atoms with Gasteiger partial charge in [0.25, 0.3) is 5.91 Å². The molecule has 3 N–H and O–H groups in total. The minimum Gasteiger partial charge on any atom is -0.495 e. The number of rotatable bonds is 4. The summed E-state index contributed by atoms with van der Waals surface area (Å²) in [5.41, 5.74) is 7.73. The molecule has 0 aliphatic carbocycles. The molecule has 2 rings (SSSR count). The first kappa shape index (κ1) is 14.3. The summed E-state index contributed by atoms with van der Waals surface area (Å²) in [4.78, 5) is 17.7. The molecule has 0 unspecified atom stereocenters. The second-order valence-corrected chi connectivity index (χ2v) is 5.49. The number of amides is 1. The molecule has 5 nitrogen and oxygen atoms in total. The molecule has 1 amide bonds. The third-order valence-electron chi connectivity index (χ3n) is 2.94. The van der Waals surface area contributed by atoms with Crippen LogP contribution in [0, 0.1) is 6.92 Å². The topological polar surface area (TPSA) is 77.2 Å². The van der Waals surface area contributed by atoms with Crippen LogP contribution in [0.25, 0.3) is 0 Å². The Morgan fingerprint density at radius 1 is 1.50 bits per heavy atom. The molecule has 0 aliphatic heterocycles. The lowest BCUT2D eigenvalue weighted by molar-refractivity contribution is 0.102. The van der Waals surface area contributed by atoms with Crippen LogP contribution in [0.15, 0.2) is 18.2 Å². The standard InChI is InChI=1S/C14H17N3O2S/c1-4-11-8(2)20-14(16-11)17-13(18)9-5-6-10(15)12(7-9)19-3/h5-7H,4,15H2,1-3H3,(H,16,17,18). The third kappa shape index (κ3) is 2.91. The number of carbonyl (C=O) groups excluding carboxylic acids is 1. The summed E-state index contributed by atoms with van der Waals surface area (Å²) in [5.74, 6) is 0.266. The second kappa shape index (κ2) is 5.92. The summed E-state index contributed by atoms with van der Waals surface area (Å²) in [6.45, 7) is 4.04. The maximum absolute atomic E-state index is 12.2. The Kier molecular flexibility index (Phi) is 4.24. The van der Waals surface area contributed by atoms with Crippen LogP contribution in [0.4, 0.5) is 10.8 Å². The zero-order chi connectivity index (χ0) is 14.7. The Hall–Kier alpha value is -2.08. The SMILES string of the molecule is CCc1nc(NC(=O)c2ccc(N)c(OC)c2)sc1C. The van der Waals surface area contributed by atoms with Crippen LogP contribution in [0.3, 0.4) is 0 Å². The highest BCUT2D eigenvalue weighted by molar-refractivity contribution is 7.15. The zero-order valence-electron chi connectivity index (χ0n) is 11.7. The van der Waals surface area contributed by atoms with E-state index in [9.17, 15) is 4.79 Å². The van der Waals surface area contributed by atoms with Crippen molar-refractivity contribution < 1.29 is 9.53 Å². The summed E-state index contributed by atoms with van der Waals surface area (Å²) >= 11 is 1.48. The number of anilines is 2. The Labute approximate surface area is 121 Å². The third-order valence-corrected chi connectivity index (χ3v) is 3.87. The molecule has 1 aromatic carbocycles. The molecule has 0 spiro atoms. The normalized spacial score (nSPS) is 10.3. The molecular weight excluding hydrogens is 274 g/mol. The smallest absolute Gasteiger partial charge is 0.257 e. The first-order valence-electron chi connectivity index (χ1n) is 6.26. The van der Waals surface area contributed by atoms with Gasteiger partial charge in [-0.3, -0.25) is 10.1 Å². The van der Waals surface area contributed by atoms with Crippen LogP contribution in [-0.2, 0) is 6.42 Å². The number of nitrogen functional groups attached to an aromatic ring is 1. The van der Waals surface area contributed by atoms with Gasteiger partial charge in [-0.15, -0.1) is 11.3 Å². The van der Waals surface area contributed by atoms with E-state index >= 15 is 0 Å². The molecule has 20 heavy (non-hydrogen) atoms. The van der Waals surface area contributed by atoms with Gasteiger partial charge in [-0.25, -0.2) is 4.98 Å². The average molecular weight is 291 g/mol. The van der Waals surface area contributed by atoms with Gasteiger partial charge in [0, 0.05) is 10.4 Å². The van der Waals surface area contributed by atoms with Crippen molar-refractivity contribution in [2.75, 3.05) is 18.2 Å². The molecule has 0 aliphatic rings. The van der Waals surface area contributed by atoms with E-state index in [2.05, 4.69) is 10.3 Å². The molecular formula is C14H17N3O2S. The van der Waals surface area contributed by atoms with E-state index in [4.69, 9.17) is 10.5 Å². The van der Waals surface area contributed by atoms with Crippen LogP contribution in [0.1, 0.15) is 27.9 Å². The van der Waals surface area contributed by atoms with Gasteiger partial charge in [0.05, 0.1) is 18.5 Å². The van der Waals surface area contributed by atoms with E-state index in [1.807, 2.05) is 13.8 Å². The van der Waals surface area contributed by atoms with Gasteiger partial charge in [-0.1, -0.05) is 6.92 Å². The van der Waals surface area contributed by atoms with Gasteiger partial charge >= 0.3 is 0 Å². The maximum Gasteiger partial charge on any atom is 0.257 e. The summed E-state index contributed by atoms with van der Waals surface area (Å²) < 4.78 is 5.11. The number of thiazole rings is 1. The maximum atomic E-state index is 12.2. The van der Waals surface area contributed by atoms with Gasteiger partial charge in [-0.05, 0) is 31.5 Å². The highest BCUT2D eigenvalue weighted by atomic mass is 32.1. The molecule has 6 heteroatoms. The van der Waals surface area contributed by atoms with E-state index < -0.39 is 0 Å². The number of nitrogens with two attached hydrogens (primary N) is 1. The van der Waals surface area contributed by atoms with Crippen molar-refractivity contribution in [2.45, 2.75) is 20.3 Å². The fourth-order valence-corrected chi connectivity index (χ4v) is 2.73. The summed E-state index contributed by atoms with van der Waals surface area (Å²) in [5, 5.41) is 3.41. The molecule has 2 aromatic rings. The van der Waals surface area contributed by atoms with Gasteiger partial charge in [0.2, 0.25) is 0 Å². The molecule has 0 radical (unpaired) electrons. The minimum absolute atomic E-state index is 0.222. The molecule has 1 aromatic heterocycles. The number of benzene rings is 1. The molecule has 1 heterocycles. The van der Waals surface area contributed by atoms with E-state index in [0.717, 1.165) is 17.0 Å². The Balaban J connectivity index is 2.19. The van der Waals surface area contributed by atoms with Crippen molar-refractivity contribution >= 4 is 28.1 Å². The molecule has 0 fully saturated rings. The van der Waals surface area contributed by atoms with Crippen LogP contribution in [-0.4, -0.2) is 18.0 Å². The summed E-state index contributed by atoms with van der Waals surface area (Å²) in [7, 11) is 1.52. The number of ether oxygens (including phenoxy) is 1. The minimum atomic E-state index is -0.222. The van der Waals surface area contributed by atoms with Crippen LogP contribution >= 0.6 is 11.3 Å². The Morgan fingerprint density at radius 2 is 2.25 bits per heavy atom. The Morgan fingerprint density at radius 3 is 2.85 bits per heavy atom. The average Bonchev–Trinajstić information content (AvgIpc) is 2.79. The van der Waals surface area contributed by atoms with Crippen molar-refractivity contribution in [3.63, 3.8) is 0 Å². The number of carbonyl (C=O) groups is 1. The monoisotopic (exact) mass is 291 g/mol. The number of aromatic nitrogens is 1. The number of nitrogens with one attached hydrogen (secondary N) is 1. The highest BCUT2D eigenvalue weighted by Crippen LogP contribution is 2.25. The lowest BCUT2D eigenvalue weighted by Gasteiger charge is -2.07. The first-order chi connectivity index (χ1) is 9.55. The first-order valence-corrected chi connectivity index (χ1v) is 7.08. The van der Waals surface area contributed by atoms with Crippen molar-refractivity contribution in [1.29, 1.82) is 0 Å². The number of nitrogens with zero attached hydrogens (tertiary/aromatic N) is 1. The summed E-state index contributed by atoms with van der Waals surface area (Å²) in [6.07, 6.45) is 0.855. The number of hydrogen-bond donors (Lipinski definition) is 2. The van der Waals surface area contributed by atoms with E-state index in [1.165, 1.54) is 18.4 Å². The van der Waals surface area contributed by atoms with Crippen molar-refractivity contribution in [2.24, 2.45) is 0 Å². The molecule has 0 bridgehead atoms. The lowest BCUT2D eigenvalue weighted by Crippen LogP contribution is -2.12. The predicted octanol–water partition coefficient (Wildman–Crippen LogP) is 2.86. The number of aryl methyl sites for hydroxylation is 2. The van der Waals surface area contributed by atoms with Crippen molar-refractivity contribution in [3.05, 3.63) is 34.3 Å². The molecule has 0 saturated carbocycles. The molecule has 0 saturated heterocycles. The fourth-order valence-electron chi connectivity index (χ4n) is 1.83. The van der Waals surface area contributed by atoms with Gasteiger partial charge in [0.1, 0.15) is 5.75 Å². The fraction of sp³-hybridized carbons (Fsp3) is 0.286. The Bertz CT molecular complexity index is 637. The van der Waals surface area contributed by atoms with Gasteiger partial charge < -0.3 is 10.5 Å². The van der Waals surface area contributed by atoms with Crippen molar-refractivity contribution in [1.82, 2.24) is 4.98 Å². The van der Waals surface area contributed by atoms with Gasteiger partial charge in [-0.2, -0.15) is 0 Å². The zero-order valence-corrected chi connectivity index (χ0v) is 12.5. The van der Waals surface area contributed by atoms with Crippen LogP contribution in [0.2, 0.25) is 0 Å². The second-order valence-electron chi connectivity index (χ2n) is 4.29. The van der Waals surface area contributed by atoms with Crippen LogP contribution in [0.5, 0.6) is 5.75 Å². The number of hydrogen-bond acceptors (Lipinski definition) is 5. The van der Waals surface area contributed by atoms with Crippen LogP contribution < -0.4 is 15.8 Å². The van der Waals surface area contributed by atoms with E-state index in [0.29, 0.717) is 22.1 Å². The van der Waals surface area contributed by atoms with Gasteiger partial charge in [0.15, 0.2) is 5.13 Å². The van der Waals surface area contributed by atoms with E-state index in [1.54, 1.807) is 18.2 Å². The largest absolute Gasteiger partial charge is 0.495 e. The van der Waals surface area contributed by atoms with Crippen molar-refractivity contribution in [3.8, 4) is 5.75 Å². The highest BCUT2D eigenvalue weighted by Gasteiger charge is 2.12. The number of methoxy groups -OCH3 is 1. The lowest BCUT2D eigenvalue weighted by atomic mass is 10.2. The predicted molar refractivity (Wildman–Crippen MR) is 81.6 cm³/mol. The van der Waals surface area contributed by atoms with E-state index in [-0.39, 0.29) is 5.91 Å². The quantitative estimate of drug-likeness (QED) is 0.849. The molecule has 0 atom stereocenters. The summed E-state index contributed by atoms with van der Waals surface area (Å²) in [6, 6.07) is 4.93. The molecule has 106 valence electrons.